The van der Waals surface area contributed by atoms with E-state index in [9.17, 15) is 14.0 Å². The maximum atomic E-state index is 13.3. The van der Waals surface area contributed by atoms with Crippen molar-refractivity contribution in [2.75, 3.05) is 18.9 Å². The molecule has 27 heavy (non-hydrogen) atoms. The van der Waals surface area contributed by atoms with Crippen molar-refractivity contribution in [3.05, 3.63) is 64.9 Å². The Morgan fingerprint density at radius 3 is 2.37 bits per heavy atom. The fourth-order valence-electron chi connectivity index (χ4n) is 2.81. The summed E-state index contributed by atoms with van der Waals surface area (Å²) in [5.41, 5.74) is 1.26. The molecule has 0 unspecified atom stereocenters. The van der Waals surface area contributed by atoms with E-state index >= 15 is 0 Å². The highest BCUT2D eigenvalue weighted by molar-refractivity contribution is 6.30. The quantitative estimate of drug-likeness (QED) is 0.763. The van der Waals surface area contributed by atoms with Crippen molar-refractivity contribution < 1.29 is 14.0 Å². The lowest BCUT2D eigenvalue weighted by Gasteiger charge is -2.27. The van der Waals surface area contributed by atoms with Gasteiger partial charge in [-0.1, -0.05) is 23.7 Å². The van der Waals surface area contributed by atoms with Crippen LogP contribution in [0.15, 0.2) is 48.5 Å². The van der Waals surface area contributed by atoms with E-state index in [0.717, 1.165) is 12.8 Å². The maximum Gasteiger partial charge on any atom is 0.242 e. The molecule has 0 heterocycles. The highest BCUT2D eigenvalue weighted by Gasteiger charge is 2.31. The van der Waals surface area contributed by atoms with Gasteiger partial charge in [-0.3, -0.25) is 14.5 Å². The molecule has 0 aromatic heterocycles. The average Bonchev–Trinajstić information content (AvgIpc) is 3.42. The van der Waals surface area contributed by atoms with Gasteiger partial charge in [0.1, 0.15) is 11.9 Å². The molecule has 2 aromatic rings. The van der Waals surface area contributed by atoms with Crippen molar-refractivity contribution in [1.29, 1.82) is 0 Å². The van der Waals surface area contributed by atoms with Gasteiger partial charge in [-0.2, -0.15) is 0 Å². The highest BCUT2D eigenvalue weighted by atomic mass is 35.5. The predicted molar refractivity (Wildman–Crippen MR) is 103 cm³/mol. The summed E-state index contributed by atoms with van der Waals surface area (Å²) in [4.78, 5) is 26.7. The Kier molecular flexibility index (Phi) is 6.08. The van der Waals surface area contributed by atoms with E-state index in [0.29, 0.717) is 16.3 Å². The molecule has 7 heteroatoms. The first-order valence-electron chi connectivity index (χ1n) is 8.74. The monoisotopic (exact) mass is 389 g/mol. The Labute approximate surface area is 162 Å². The van der Waals surface area contributed by atoms with Gasteiger partial charge in [0.2, 0.25) is 11.8 Å². The van der Waals surface area contributed by atoms with Crippen LogP contribution >= 0.6 is 11.6 Å². The lowest BCUT2D eigenvalue weighted by Crippen LogP contribution is -2.42. The van der Waals surface area contributed by atoms with Crippen LogP contribution in [0, 0.1) is 5.82 Å². The first kappa shape index (κ1) is 19.3. The Balaban J connectivity index is 1.70. The third-order valence-electron chi connectivity index (χ3n) is 4.32. The van der Waals surface area contributed by atoms with Crippen molar-refractivity contribution in [1.82, 2.24) is 10.2 Å². The van der Waals surface area contributed by atoms with Crippen molar-refractivity contribution in [2.24, 2.45) is 0 Å². The van der Waals surface area contributed by atoms with E-state index in [1.54, 1.807) is 48.3 Å². The van der Waals surface area contributed by atoms with Crippen LogP contribution in [0.1, 0.15) is 24.4 Å². The molecule has 0 radical (unpaired) electrons. The molecule has 2 N–H and O–H groups in total. The fraction of sp³-hybridized carbons (Fsp3) is 0.300. The number of halogens is 2. The number of nitrogens with one attached hydrogen (secondary N) is 2. The summed E-state index contributed by atoms with van der Waals surface area (Å²) in [6.07, 6.45) is 1.92. The van der Waals surface area contributed by atoms with Crippen LogP contribution in [0.3, 0.4) is 0 Å². The zero-order valence-electron chi connectivity index (χ0n) is 14.9. The summed E-state index contributed by atoms with van der Waals surface area (Å²) in [6, 6.07) is 12.1. The Morgan fingerprint density at radius 1 is 1.15 bits per heavy atom. The van der Waals surface area contributed by atoms with Crippen LogP contribution in [0.25, 0.3) is 0 Å². The summed E-state index contributed by atoms with van der Waals surface area (Å²) < 4.78 is 13.3. The summed E-state index contributed by atoms with van der Waals surface area (Å²) in [6.45, 7) is 0.00273. The third kappa shape index (κ3) is 5.52. The summed E-state index contributed by atoms with van der Waals surface area (Å²) in [5, 5.41) is 6.31. The molecule has 0 spiro atoms. The molecule has 2 amide bonds. The number of benzene rings is 2. The number of carbonyl (C=O) groups is 2. The second-order valence-electron chi connectivity index (χ2n) is 6.71. The van der Waals surface area contributed by atoms with Gasteiger partial charge in [0, 0.05) is 16.8 Å². The minimum Gasteiger partial charge on any atom is -0.352 e. The second kappa shape index (κ2) is 8.50. The largest absolute Gasteiger partial charge is 0.352 e. The van der Waals surface area contributed by atoms with Crippen LogP contribution in [0.5, 0.6) is 0 Å². The van der Waals surface area contributed by atoms with Gasteiger partial charge in [0.05, 0.1) is 6.54 Å². The standard InChI is InChI=1S/C20H21ClFN3O2/c1-25(12-18(26)23-16-8-4-14(21)5-9-16)19(20(27)24-17-10-11-17)13-2-6-15(22)7-3-13/h2-9,17,19H,10-12H2,1H3,(H,23,26)(H,24,27)/t19-/m1/s1. The second-order valence-corrected chi connectivity index (χ2v) is 7.14. The predicted octanol–water partition coefficient (Wildman–Crippen LogP) is 3.37. The molecule has 3 rings (SSSR count). The summed E-state index contributed by atoms with van der Waals surface area (Å²) in [7, 11) is 1.70. The first-order valence-corrected chi connectivity index (χ1v) is 9.11. The molecule has 1 fully saturated rings. The molecule has 2 aromatic carbocycles. The topological polar surface area (TPSA) is 61.4 Å². The molecule has 0 saturated heterocycles. The van der Waals surface area contributed by atoms with Gasteiger partial charge in [0.25, 0.3) is 0 Å². The van der Waals surface area contributed by atoms with Crippen LogP contribution in [0.2, 0.25) is 5.02 Å². The van der Waals surface area contributed by atoms with Gasteiger partial charge in [-0.15, -0.1) is 0 Å². The Morgan fingerprint density at radius 2 is 1.78 bits per heavy atom. The summed E-state index contributed by atoms with van der Waals surface area (Å²) in [5.74, 6) is -0.819. The molecule has 1 saturated carbocycles. The minimum absolute atomic E-state index is 0.00273. The fourth-order valence-corrected chi connectivity index (χ4v) is 2.94. The first-order chi connectivity index (χ1) is 12.9. The zero-order valence-corrected chi connectivity index (χ0v) is 15.7. The molecule has 142 valence electrons. The van der Waals surface area contributed by atoms with Gasteiger partial charge in [0.15, 0.2) is 0 Å². The van der Waals surface area contributed by atoms with Gasteiger partial charge in [-0.25, -0.2) is 4.39 Å². The Bertz CT molecular complexity index is 807. The number of carbonyl (C=O) groups excluding carboxylic acids is 2. The van der Waals surface area contributed by atoms with Gasteiger partial charge < -0.3 is 10.6 Å². The summed E-state index contributed by atoms with van der Waals surface area (Å²) >= 11 is 5.84. The van der Waals surface area contributed by atoms with Crippen LogP contribution in [0.4, 0.5) is 10.1 Å². The number of likely N-dealkylation sites (N-methyl/N-ethyl adjacent to an activating group) is 1. The van der Waals surface area contributed by atoms with Gasteiger partial charge >= 0.3 is 0 Å². The van der Waals surface area contributed by atoms with Crippen molar-refractivity contribution in [3.8, 4) is 0 Å². The number of hydrogen-bond donors (Lipinski definition) is 2. The molecule has 5 nitrogen and oxygen atoms in total. The minimum atomic E-state index is -0.679. The van der Waals surface area contributed by atoms with E-state index in [2.05, 4.69) is 10.6 Å². The average molecular weight is 390 g/mol. The van der Waals surface area contributed by atoms with E-state index in [1.165, 1.54) is 12.1 Å². The molecule has 1 atom stereocenters. The van der Waals surface area contributed by atoms with Crippen molar-refractivity contribution in [3.63, 3.8) is 0 Å². The lowest BCUT2D eigenvalue weighted by atomic mass is 10.0. The number of anilines is 1. The molecule has 1 aliphatic rings. The molecule has 0 aliphatic heterocycles. The number of nitrogens with zero attached hydrogens (tertiary/aromatic N) is 1. The number of amides is 2. The van der Waals surface area contributed by atoms with E-state index in [-0.39, 0.29) is 30.2 Å². The maximum absolute atomic E-state index is 13.3. The van der Waals surface area contributed by atoms with E-state index in [4.69, 9.17) is 11.6 Å². The molecule has 1 aliphatic carbocycles. The SMILES string of the molecule is CN(CC(=O)Nc1ccc(Cl)cc1)[C@@H](C(=O)NC1CC1)c1ccc(F)cc1. The molecule has 0 bridgehead atoms. The van der Waals surface area contributed by atoms with E-state index < -0.39 is 6.04 Å². The smallest absolute Gasteiger partial charge is 0.242 e. The van der Waals surface area contributed by atoms with Crippen LogP contribution < -0.4 is 10.6 Å². The van der Waals surface area contributed by atoms with Gasteiger partial charge in [-0.05, 0) is 61.9 Å². The lowest BCUT2D eigenvalue weighted by molar-refractivity contribution is -0.127. The molecular weight excluding hydrogens is 369 g/mol. The zero-order chi connectivity index (χ0) is 19.4. The van der Waals surface area contributed by atoms with Crippen molar-refractivity contribution >= 4 is 29.1 Å². The number of hydrogen-bond acceptors (Lipinski definition) is 3. The third-order valence-corrected chi connectivity index (χ3v) is 4.57. The number of rotatable bonds is 7. The highest BCUT2D eigenvalue weighted by Crippen LogP contribution is 2.24. The normalized spacial score (nSPS) is 14.7. The van der Waals surface area contributed by atoms with Crippen molar-refractivity contribution in [2.45, 2.75) is 24.9 Å². The van der Waals surface area contributed by atoms with E-state index in [1.807, 2.05) is 0 Å². The van der Waals surface area contributed by atoms with Crippen LogP contribution in [-0.2, 0) is 9.59 Å². The Hall–Kier alpha value is -2.44. The molecular formula is C20H21ClFN3O2. The van der Waals surface area contributed by atoms with Crippen LogP contribution in [-0.4, -0.2) is 36.3 Å².